The van der Waals surface area contributed by atoms with E-state index < -0.39 is 41.5 Å². The van der Waals surface area contributed by atoms with Gasteiger partial charge in [-0.15, -0.1) is 0 Å². The van der Waals surface area contributed by atoms with E-state index in [2.05, 4.69) is 0 Å². The quantitative estimate of drug-likeness (QED) is 0.677. The summed E-state index contributed by atoms with van der Waals surface area (Å²) in [4.78, 5) is 1.79. The Morgan fingerprint density at radius 1 is 0.774 bits per heavy atom. The second-order valence-corrected chi connectivity index (χ2v) is 7.67. The zero-order valence-electron chi connectivity index (χ0n) is 16.1. The van der Waals surface area contributed by atoms with Crippen molar-refractivity contribution in [3.05, 3.63) is 70.8 Å². The number of ether oxygens (including phenoxy) is 2. The lowest BCUT2D eigenvalue weighted by atomic mass is 9.96. The van der Waals surface area contributed by atoms with Crippen LogP contribution in [0.1, 0.15) is 41.1 Å². The Morgan fingerprint density at radius 2 is 1.16 bits per heavy atom. The van der Waals surface area contributed by atoms with Gasteiger partial charge in [0.1, 0.15) is 12.5 Å². The summed E-state index contributed by atoms with van der Waals surface area (Å²) in [5.41, 5.74) is -1.43. The van der Waals surface area contributed by atoms with Gasteiger partial charge >= 0.3 is 12.4 Å². The average molecular weight is 447 g/mol. The van der Waals surface area contributed by atoms with Crippen molar-refractivity contribution in [2.75, 3.05) is 19.8 Å². The second-order valence-electron chi connectivity index (χ2n) is 7.67. The third kappa shape index (κ3) is 4.05. The first-order chi connectivity index (χ1) is 14.5. The topological polar surface area (TPSA) is 41.9 Å². The van der Waals surface area contributed by atoms with Gasteiger partial charge in [0.25, 0.3) is 0 Å². The number of fused-ring (bicyclic) bond motifs is 1. The molecule has 4 nitrogen and oxygen atoms in total. The molecule has 0 radical (unpaired) electrons. The second kappa shape index (κ2) is 7.77. The molecule has 0 aliphatic carbocycles. The van der Waals surface area contributed by atoms with Gasteiger partial charge in [-0.25, -0.2) is 4.90 Å². The fourth-order valence-electron chi connectivity index (χ4n) is 4.11. The molecule has 2 saturated heterocycles. The molecule has 168 valence electrons. The minimum atomic E-state index is -4.48. The van der Waals surface area contributed by atoms with Gasteiger partial charge in [-0.3, -0.25) is 0 Å². The van der Waals surface area contributed by atoms with Crippen molar-refractivity contribution in [1.82, 2.24) is 4.90 Å². The van der Waals surface area contributed by atoms with Crippen LogP contribution >= 0.6 is 0 Å². The summed E-state index contributed by atoms with van der Waals surface area (Å²) in [6, 6.07) is 9.05. The molecule has 2 aliphatic heterocycles. The highest BCUT2D eigenvalue weighted by molar-refractivity contribution is 5.30. The smallest absolute Gasteiger partial charge is 0.396 e. The summed E-state index contributed by atoms with van der Waals surface area (Å²) in [6.07, 6.45) is -10.2. The molecule has 31 heavy (non-hydrogen) atoms. The van der Waals surface area contributed by atoms with Crippen LogP contribution in [0, 0.1) is 0 Å². The maximum Gasteiger partial charge on any atom is 0.416 e. The zero-order chi connectivity index (χ0) is 22.4. The van der Waals surface area contributed by atoms with E-state index in [0.29, 0.717) is 11.1 Å². The Labute approximate surface area is 174 Å². The molecule has 0 bridgehead atoms. The molecule has 2 fully saturated rings. The maximum absolute atomic E-state index is 12.9. The van der Waals surface area contributed by atoms with Gasteiger partial charge in [0, 0.05) is 6.61 Å². The summed E-state index contributed by atoms with van der Waals surface area (Å²) >= 11 is 0. The minimum absolute atomic E-state index is 0.163. The lowest BCUT2D eigenvalue weighted by Crippen LogP contribution is -2.45. The van der Waals surface area contributed by atoms with E-state index in [1.54, 1.807) is 4.90 Å². The Morgan fingerprint density at radius 3 is 1.48 bits per heavy atom. The zero-order valence-corrected chi connectivity index (χ0v) is 16.1. The highest BCUT2D eigenvalue weighted by Crippen LogP contribution is 2.50. The molecular weight excluding hydrogens is 428 g/mol. The molecule has 0 unspecified atom stereocenters. The van der Waals surface area contributed by atoms with Crippen LogP contribution < -0.4 is 0 Å². The van der Waals surface area contributed by atoms with Crippen LogP contribution in [0.2, 0.25) is 0 Å². The Bertz CT molecular complexity index is 841. The van der Waals surface area contributed by atoms with Crippen LogP contribution in [-0.2, 0) is 21.8 Å². The molecule has 10 heteroatoms. The van der Waals surface area contributed by atoms with Gasteiger partial charge in [0.05, 0.1) is 29.9 Å². The van der Waals surface area contributed by atoms with E-state index in [-0.39, 0.29) is 26.2 Å². The normalized spacial score (nSPS) is 26.9. The molecule has 3 atom stereocenters. The predicted octanol–water partition coefficient (Wildman–Crippen LogP) is 4.91. The van der Waals surface area contributed by atoms with E-state index >= 15 is 0 Å². The van der Waals surface area contributed by atoms with Gasteiger partial charge in [0.2, 0.25) is 0 Å². The van der Waals surface area contributed by atoms with Gasteiger partial charge in [-0.2, -0.15) is 26.3 Å². The Balaban J connectivity index is 1.67. The first-order valence-corrected chi connectivity index (χ1v) is 9.52. The molecule has 2 aliphatic rings. The van der Waals surface area contributed by atoms with Gasteiger partial charge in [-0.05, 0) is 41.8 Å². The van der Waals surface area contributed by atoms with Crippen LogP contribution in [0.5, 0.6) is 0 Å². The number of alkyl halides is 6. The van der Waals surface area contributed by atoms with E-state index in [1.807, 2.05) is 0 Å². The van der Waals surface area contributed by atoms with E-state index in [4.69, 9.17) is 9.47 Å². The molecule has 2 heterocycles. The van der Waals surface area contributed by atoms with Crippen LogP contribution in [0.3, 0.4) is 0 Å². The molecule has 0 amide bonds. The number of rotatable bonds is 4. The fourth-order valence-corrected chi connectivity index (χ4v) is 4.11. The molecule has 0 aromatic heterocycles. The van der Waals surface area contributed by atoms with Crippen molar-refractivity contribution >= 4 is 0 Å². The van der Waals surface area contributed by atoms with Crippen molar-refractivity contribution < 1.29 is 40.9 Å². The molecule has 2 aromatic carbocycles. The molecule has 1 N–H and O–H groups in total. The average Bonchev–Trinajstić information content (AvgIpc) is 3.24. The third-order valence-electron chi connectivity index (χ3n) is 5.70. The number of hydrogen-bond acceptors (Lipinski definition) is 4. The van der Waals surface area contributed by atoms with Crippen molar-refractivity contribution in [2.24, 2.45) is 0 Å². The third-order valence-corrected chi connectivity index (χ3v) is 5.70. The number of halogens is 6. The van der Waals surface area contributed by atoms with E-state index in [1.165, 1.54) is 24.3 Å². The summed E-state index contributed by atoms with van der Waals surface area (Å²) in [7, 11) is 0. The fraction of sp³-hybridized carbons (Fsp3) is 0.429. The summed E-state index contributed by atoms with van der Waals surface area (Å²) in [6.45, 7) is 0.148. The first kappa shape index (κ1) is 22.1. The largest absolute Gasteiger partial charge is 0.416 e. The maximum atomic E-state index is 12.9. The lowest BCUT2D eigenvalue weighted by molar-refractivity contribution is -0.138. The summed E-state index contributed by atoms with van der Waals surface area (Å²) in [5.74, 6) is 0. The van der Waals surface area contributed by atoms with Gasteiger partial charge < -0.3 is 14.6 Å². The Kier molecular flexibility index (Phi) is 5.53. The Hall–Kier alpha value is -2.14. The number of aliphatic hydroxyl groups is 1. The van der Waals surface area contributed by atoms with Crippen molar-refractivity contribution in [1.29, 1.82) is 0 Å². The molecular formula is C21H19F6NO3. The van der Waals surface area contributed by atoms with Crippen molar-refractivity contribution in [3.63, 3.8) is 0 Å². The van der Waals surface area contributed by atoms with Crippen LogP contribution in [0.25, 0.3) is 0 Å². The molecule has 0 saturated carbocycles. The molecule has 2 aromatic rings. The summed E-state index contributed by atoms with van der Waals surface area (Å²) < 4.78 is 89.2. The number of benzene rings is 2. The van der Waals surface area contributed by atoms with Gasteiger partial charge in [-0.1, -0.05) is 24.3 Å². The molecule has 4 rings (SSSR count). The standard InChI is InChI=1S/C21H19F6NO3/c22-20(23,24)15-5-1-13(2-6-15)17-28-18(31-12-19(28,9-10-29)11-30-17)14-3-7-16(8-4-14)21(25,26)27/h1-8,17-18,29H,9-12H2/t17-,18+,19-. The first-order valence-electron chi connectivity index (χ1n) is 9.52. The SMILES string of the molecule is OCC[C@]12CO[C@H](c3ccc(C(F)(F)F)cc3)N1[C@H](c1ccc(C(F)(F)F)cc1)OC2. The van der Waals surface area contributed by atoms with Gasteiger partial charge in [0.15, 0.2) is 0 Å². The van der Waals surface area contributed by atoms with Crippen LogP contribution in [0.15, 0.2) is 48.5 Å². The van der Waals surface area contributed by atoms with Crippen molar-refractivity contribution in [2.45, 2.75) is 36.8 Å². The lowest BCUT2D eigenvalue weighted by Gasteiger charge is -2.34. The van der Waals surface area contributed by atoms with Crippen LogP contribution in [0.4, 0.5) is 26.3 Å². The predicted molar refractivity (Wildman–Crippen MR) is 96.5 cm³/mol. The number of hydrogen-bond donors (Lipinski definition) is 1. The van der Waals surface area contributed by atoms with E-state index in [9.17, 15) is 31.4 Å². The van der Waals surface area contributed by atoms with Crippen molar-refractivity contribution in [3.8, 4) is 0 Å². The van der Waals surface area contributed by atoms with Crippen LogP contribution in [-0.4, -0.2) is 35.4 Å². The summed E-state index contributed by atoms with van der Waals surface area (Å²) in [5, 5.41) is 9.55. The number of nitrogens with zero attached hydrogens (tertiary/aromatic N) is 1. The minimum Gasteiger partial charge on any atom is -0.396 e. The highest BCUT2D eigenvalue weighted by Gasteiger charge is 2.56. The van der Waals surface area contributed by atoms with E-state index in [0.717, 1.165) is 24.3 Å². The number of aliphatic hydroxyl groups excluding tert-OH is 1. The molecule has 0 spiro atoms. The monoisotopic (exact) mass is 447 g/mol. The highest BCUT2D eigenvalue weighted by atomic mass is 19.4.